The molecule has 0 fully saturated rings. The monoisotopic (exact) mass is 473 g/mol. The number of hydrogen-bond donors (Lipinski definition) is 1. The second-order valence-electron chi connectivity index (χ2n) is 8.13. The number of carbonyl (C=O) groups is 1. The van der Waals surface area contributed by atoms with Crippen molar-refractivity contribution in [3.8, 4) is 22.8 Å². The maximum Gasteiger partial charge on any atom is 0.251 e. The van der Waals surface area contributed by atoms with Gasteiger partial charge in [0.05, 0.1) is 7.11 Å². The molecule has 1 amide bonds. The van der Waals surface area contributed by atoms with Gasteiger partial charge in [0.25, 0.3) is 5.91 Å². The fourth-order valence-electron chi connectivity index (χ4n) is 3.41. The third-order valence-electron chi connectivity index (χ3n) is 5.17. The molecular formula is C26H27N5O2S. The average molecular weight is 474 g/mol. The third kappa shape index (κ3) is 5.46. The quantitative estimate of drug-likeness (QED) is 0.344. The van der Waals surface area contributed by atoms with Crippen molar-refractivity contribution in [2.45, 2.75) is 24.8 Å². The Labute approximate surface area is 203 Å². The highest BCUT2D eigenvalue weighted by atomic mass is 32.2. The fraction of sp³-hybridized carbons (Fsp3) is 0.231. The van der Waals surface area contributed by atoms with E-state index in [0.717, 1.165) is 27.7 Å². The Morgan fingerprint density at radius 3 is 2.56 bits per heavy atom. The van der Waals surface area contributed by atoms with E-state index in [1.54, 1.807) is 19.5 Å². The van der Waals surface area contributed by atoms with Crippen molar-refractivity contribution in [3.63, 3.8) is 0 Å². The van der Waals surface area contributed by atoms with Gasteiger partial charge < -0.3 is 10.1 Å². The second kappa shape index (κ2) is 11.0. The molecule has 2 heterocycles. The van der Waals surface area contributed by atoms with E-state index in [1.807, 2.05) is 65.2 Å². The molecule has 7 nitrogen and oxygen atoms in total. The number of rotatable bonds is 9. The number of carbonyl (C=O) groups excluding carboxylic acids is 1. The number of amides is 1. The van der Waals surface area contributed by atoms with Gasteiger partial charge in [-0.25, -0.2) is 0 Å². The standard InChI is InChI=1S/C26H27N5O2S/c1-18(2)15-28-25(32)23-9-5-4-7-20(23)17-34-26-30-29-24(19-8-6-14-27-16-19)31(26)21-10-12-22(33-3)13-11-21/h4-14,16,18H,15,17H2,1-3H3,(H,28,32). The lowest BCUT2D eigenvalue weighted by molar-refractivity contribution is 0.0948. The Balaban J connectivity index is 1.64. The molecule has 0 radical (unpaired) electrons. The summed E-state index contributed by atoms with van der Waals surface area (Å²) in [4.78, 5) is 17.0. The van der Waals surface area contributed by atoms with Gasteiger partial charge in [0, 0.05) is 41.5 Å². The Kier molecular flexibility index (Phi) is 7.59. The maximum atomic E-state index is 12.7. The molecular weight excluding hydrogens is 446 g/mol. The van der Waals surface area contributed by atoms with Crippen LogP contribution >= 0.6 is 11.8 Å². The van der Waals surface area contributed by atoms with Crippen LogP contribution in [0, 0.1) is 5.92 Å². The molecule has 0 aliphatic carbocycles. The van der Waals surface area contributed by atoms with Gasteiger partial charge in [-0.15, -0.1) is 10.2 Å². The number of methoxy groups -OCH3 is 1. The van der Waals surface area contributed by atoms with Gasteiger partial charge >= 0.3 is 0 Å². The molecule has 0 atom stereocenters. The first-order chi connectivity index (χ1) is 16.6. The number of aromatic nitrogens is 4. The molecule has 8 heteroatoms. The molecule has 0 bridgehead atoms. The Morgan fingerprint density at radius 2 is 1.85 bits per heavy atom. The molecule has 0 saturated heterocycles. The fourth-order valence-corrected chi connectivity index (χ4v) is 4.37. The zero-order valence-electron chi connectivity index (χ0n) is 19.4. The lowest BCUT2D eigenvalue weighted by Crippen LogP contribution is -2.28. The van der Waals surface area contributed by atoms with Gasteiger partial charge in [-0.3, -0.25) is 14.3 Å². The lowest BCUT2D eigenvalue weighted by Gasteiger charge is -2.13. The van der Waals surface area contributed by atoms with Gasteiger partial charge in [0.1, 0.15) is 5.75 Å². The highest BCUT2D eigenvalue weighted by Crippen LogP contribution is 2.31. The first-order valence-corrected chi connectivity index (χ1v) is 12.0. The summed E-state index contributed by atoms with van der Waals surface area (Å²) in [5.74, 6) is 2.38. The van der Waals surface area contributed by atoms with Crippen molar-refractivity contribution in [3.05, 3.63) is 84.2 Å². The second-order valence-corrected chi connectivity index (χ2v) is 9.07. The Bertz CT molecular complexity index is 1240. The van der Waals surface area contributed by atoms with E-state index in [9.17, 15) is 4.79 Å². The third-order valence-corrected chi connectivity index (χ3v) is 6.15. The minimum Gasteiger partial charge on any atom is -0.497 e. The average Bonchev–Trinajstić information content (AvgIpc) is 3.30. The molecule has 2 aromatic heterocycles. The van der Waals surface area contributed by atoms with E-state index in [4.69, 9.17) is 4.74 Å². The topological polar surface area (TPSA) is 81.9 Å². The van der Waals surface area contributed by atoms with Crippen molar-refractivity contribution in [1.82, 2.24) is 25.1 Å². The molecule has 34 heavy (non-hydrogen) atoms. The van der Waals surface area contributed by atoms with Crippen molar-refractivity contribution >= 4 is 17.7 Å². The van der Waals surface area contributed by atoms with Crippen LogP contribution in [0.5, 0.6) is 5.75 Å². The van der Waals surface area contributed by atoms with Gasteiger partial charge in [-0.2, -0.15) is 0 Å². The molecule has 0 aliphatic heterocycles. The van der Waals surface area contributed by atoms with Gasteiger partial charge in [0.2, 0.25) is 0 Å². The molecule has 0 aliphatic rings. The predicted molar refractivity (Wildman–Crippen MR) is 134 cm³/mol. The first kappa shape index (κ1) is 23.5. The number of pyridine rings is 1. The van der Waals surface area contributed by atoms with Crippen molar-refractivity contribution < 1.29 is 9.53 Å². The van der Waals surface area contributed by atoms with Crippen molar-refractivity contribution in [2.75, 3.05) is 13.7 Å². The smallest absolute Gasteiger partial charge is 0.251 e. The number of ether oxygens (including phenoxy) is 1. The number of nitrogens with one attached hydrogen (secondary N) is 1. The van der Waals surface area contributed by atoms with Crippen LogP contribution in [0.2, 0.25) is 0 Å². The maximum absolute atomic E-state index is 12.7. The summed E-state index contributed by atoms with van der Waals surface area (Å²) in [7, 11) is 1.64. The molecule has 4 rings (SSSR count). The van der Waals surface area contributed by atoms with E-state index in [-0.39, 0.29) is 5.91 Å². The lowest BCUT2D eigenvalue weighted by atomic mass is 10.1. The number of thioether (sulfide) groups is 1. The van der Waals surface area contributed by atoms with Crippen molar-refractivity contribution in [2.24, 2.45) is 5.92 Å². The van der Waals surface area contributed by atoms with Crippen LogP contribution in [0.1, 0.15) is 29.8 Å². The van der Waals surface area contributed by atoms with E-state index in [1.165, 1.54) is 11.8 Å². The molecule has 0 spiro atoms. The summed E-state index contributed by atoms with van der Waals surface area (Å²) >= 11 is 1.53. The van der Waals surface area contributed by atoms with Gasteiger partial charge in [-0.1, -0.05) is 43.8 Å². The normalized spacial score (nSPS) is 10.9. The van der Waals surface area contributed by atoms with E-state index in [2.05, 4.69) is 34.3 Å². The molecule has 2 aromatic carbocycles. The predicted octanol–water partition coefficient (Wildman–Crippen LogP) is 5.02. The SMILES string of the molecule is COc1ccc(-n2c(SCc3ccccc3C(=O)NCC(C)C)nnc2-c2cccnc2)cc1. The van der Waals surface area contributed by atoms with Gasteiger partial charge in [0.15, 0.2) is 11.0 Å². The molecule has 4 aromatic rings. The van der Waals surface area contributed by atoms with E-state index < -0.39 is 0 Å². The number of hydrogen-bond acceptors (Lipinski definition) is 6. The summed E-state index contributed by atoms with van der Waals surface area (Å²) in [5, 5.41) is 12.7. The molecule has 0 saturated carbocycles. The van der Waals surface area contributed by atoms with Crippen LogP contribution in [0.25, 0.3) is 17.1 Å². The highest BCUT2D eigenvalue weighted by Gasteiger charge is 2.18. The highest BCUT2D eigenvalue weighted by molar-refractivity contribution is 7.98. The summed E-state index contributed by atoms with van der Waals surface area (Å²) in [5.41, 5.74) is 3.40. The minimum absolute atomic E-state index is 0.0578. The van der Waals surface area contributed by atoms with Crippen LogP contribution < -0.4 is 10.1 Å². The van der Waals surface area contributed by atoms with Crippen LogP contribution in [-0.2, 0) is 5.75 Å². The van der Waals surface area contributed by atoms with E-state index >= 15 is 0 Å². The zero-order valence-corrected chi connectivity index (χ0v) is 20.2. The molecule has 174 valence electrons. The molecule has 1 N–H and O–H groups in total. The largest absolute Gasteiger partial charge is 0.497 e. The Hall–Kier alpha value is -3.65. The first-order valence-electron chi connectivity index (χ1n) is 11.1. The minimum atomic E-state index is -0.0578. The summed E-state index contributed by atoms with van der Waals surface area (Å²) in [6.45, 7) is 4.79. The number of benzene rings is 2. The number of nitrogens with zero attached hydrogens (tertiary/aromatic N) is 4. The molecule has 0 unspecified atom stereocenters. The van der Waals surface area contributed by atoms with Gasteiger partial charge in [-0.05, 0) is 53.9 Å². The van der Waals surface area contributed by atoms with Crippen LogP contribution in [-0.4, -0.2) is 39.3 Å². The van der Waals surface area contributed by atoms with Crippen LogP contribution in [0.3, 0.4) is 0 Å². The van der Waals surface area contributed by atoms with Crippen LogP contribution in [0.15, 0.2) is 78.2 Å². The summed E-state index contributed by atoms with van der Waals surface area (Å²) in [6.07, 6.45) is 3.50. The van der Waals surface area contributed by atoms with Crippen molar-refractivity contribution in [1.29, 1.82) is 0 Å². The summed E-state index contributed by atoms with van der Waals surface area (Å²) in [6, 6.07) is 19.3. The van der Waals surface area contributed by atoms with E-state index in [0.29, 0.717) is 29.6 Å². The van der Waals surface area contributed by atoms with Crippen LogP contribution in [0.4, 0.5) is 0 Å². The Morgan fingerprint density at radius 1 is 1.06 bits per heavy atom. The zero-order chi connectivity index (χ0) is 23.9. The summed E-state index contributed by atoms with van der Waals surface area (Å²) < 4.78 is 7.32.